The summed E-state index contributed by atoms with van der Waals surface area (Å²) < 4.78 is 10.9. The number of hydrogen-bond acceptors (Lipinski definition) is 5. The van der Waals surface area contributed by atoms with E-state index < -0.39 is 0 Å². The number of nitrogens with one attached hydrogen (secondary N) is 1. The van der Waals surface area contributed by atoms with Gasteiger partial charge < -0.3 is 14.5 Å². The summed E-state index contributed by atoms with van der Waals surface area (Å²) in [6.07, 6.45) is 6.64. The minimum Gasteiger partial charge on any atom is -0.425 e. The van der Waals surface area contributed by atoms with Crippen LogP contribution in [0.4, 0.5) is 0 Å². The molecule has 1 aliphatic carbocycles. The molecule has 0 radical (unpaired) electrons. The van der Waals surface area contributed by atoms with E-state index >= 15 is 0 Å². The second-order valence-electron chi connectivity index (χ2n) is 4.87. The first kappa shape index (κ1) is 14.0. The number of ether oxygens (including phenoxy) is 1. The Labute approximate surface area is 112 Å². The SMILES string of the molecule is Cc1nnc(CC(=O)NCCOC2CCCCC2)o1. The van der Waals surface area contributed by atoms with Crippen molar-refractivity contribution in [1.29, 1.82) is 0 Å². The summed E-state index contributed by atoms with van der Waals surface area (Å²) in [5.74, 6) is 0.711. The number of hydrogen-bond donors (Lipinski definition) is 1. The zero-order valence-electron chi connectivity index (χ0n) is 11.4. The predicted molar refractivity (Wildman–Crippen MR) is 68.6 cm³/mol. The van der Waals surface area contributed by atoms with Crippen LogP contribution < -0.4 is 5.32 Å². The van der Waals surface area contributed by atoms with Gasteiger partial charge in [0, 0.05) is 13.5 Å². The number of amides is 1. The molecule has 0 atom stereocenters. The molecular weight excluding hydrogens is 246 g/mol. The van der Waals surface area contributed by atoms with E-state index in [1.807, 2.05) is 0 Å². The fourth-order valence-electron chi connectivity index (χ4n) is 2.26. The van der Waals surface area contributed by atoms with Gasteiger partial charge in [0.2, 0.25) is 17.7 Å². The molecule has 1 amide bonds. The van der Waals surface area contributed by atoms with Gasteiger partial charge in [-0.05, 0) is 12.8 Å². The molecular formula is C13H21N3O3. The molecule has 0 spiro atoms. The predicted octanol–water partition coefficient (Wildman–Crippen LogP) is 1.39. The van der Waals surface area contributed by atoms with Crippen LogP contribution in [0.5, 0.6) is 0 Å². The average Bonchev–Trinajstić information content (AvgIpc) is 2.81. The summed E-state index contributed by atoms with van der Waals surface area (Å²) in [4.78, 5) is 11.6. The zero-order valence-corrected chi connectivity index (χ0v) is 11.4. The van der Waals surface area contributed by atoms with E-state index in [-0.39, 0.29) is 12.3 Å². The van der Waals surface area contributed by atoms with Crippen molar-refractivity contribution >= 4 is 5.91 Å². The Balaban J connectivity index is 1.56. The molecule has 6 nitrogen and oxygen atoms in total. The molecule has 1 aliphatic rings. The highest BCUT2D eigenvalue weighted by Gasteiger charge is 2.13. The van der Waals surface area contributed by atoms with Crippen LogP contribution >= 0.6 is 0 Å². The van der Waals surface area contributed by atoms with Crippen LogP contribution in [0, 0.1) is 6.92 Å². The Hall–Kier alpha value is -1.43. The zero-order chi connectivity index (χ0) is 13.5. The number of carbonyl (C=O) groups excluding carboxylic acids is 1. The van der Waals surface area contributed by atoms with Crippen LogP contribution in [0.1, 0.15) is 43.9 Å². The van der Waals surface area contributed by atoms with Crippen molar-refractivity contribution in [2.45, 2.75) is 51.6 Å². The first-order chi connectivity index (χ1) is 9.24. The normalized spacial score (nSPS) is 16.5. The molecule has 1 aromatic heterocycles. The van der Waals surface area contributed by atoms with E-state index in [0.29, 0.717) is 31.0 Å². The molecule has 1 aromatic rings. The number of carbonyl (C=O) groups is 1. The van der Waals surface area contributed by atoms with E-state index in [1.54, 1.807) is 6.92 Å². The quantitative estimate of drug-likeness (QED) is 0.788. The van der Waals surface area contributed by atoms with Crippen molar-refractivity contribution in [3.8, 4) is 0 Å². The molecule has 2 rings (SSSR count). The van der Waals surface area contributed by atoms with E-state index in [1.165, 1.54) is 19.3 Å². The van der Waals surface area contributed by atoms with Crippen LogP contribution in [-0.2, 0) is 16.0 Å². The molecule has 1 N–H and O–H groups in total. The maximum Gasteiger partial charge on any atom is 0.229 e. The van der Waals surface area contributed by atoms with Crippen LogP contribution in [0.25, 0.3) is 0 Å². The summed E-state index contributed by atoms with van der Waals surface area (Å²) in [5, 5.41) is 10.2. The summed E-state index contributed by atoms with van der Waals surface area (Å²) in [7, 11) is 0. The molecule has 0 aliphatic heterocycles. The third kappa shape index (κ3) is 4.98. The van der Waals surface area contributed by atoms with Crippen molar-refractivity contribution in [1.82, 2.24) is 15.5 Å². The van der Waals surface area contributed by atoms with Gasteiger partial charge in [-0.1, -0.05) is 19.3 Å². The smallest absolute Gasteiger partial charge is 0.229 e. The molecule has 106 valence electrons. The lowest BCUT2D eigenvalue weighted by molar-refractivity contribution is -0.121. The maximum atomic E-state index is 11.6. The molecule has 1 fully saturated rings. The summed E-state index contributed by atoms with van der Waals surface area (Å²) in [6.45, 7) is 2.80. The van der Waals surface area contributed by atoms with Gasteiger partial charge in [0.15, 0.2) is 0 Å². The Bertz CT molecular complexity index is 400. The molecule has 0 unspecified atom stereocenters. The largest absolute Gasteiger partial charge is 0.425 e. The van der Waals surface area contributed by atoms with Crippen molar-refractivity contribution < 1.29 is 13.9 Å². The van der Waals surface area contributed by atoms with Gasteiger partial charge >= 0.3 is 0 Å². The average molecular weight is 267 g/mol. The number of nitrogens with zero attached hydrogens (tertiary/aromatic N) is 2. The first-order valence-electron chi connectivity index (χ1n) is 6.91. The summed E-state index contributed by atoms with van der Waals surface area (Å²) in [6, 6.07) is 0. The van der Waals surface area contributed by atoms with Crippen molar-refractivity contribution in [2.24, 2.45) is 0 Å². The van der Waals surface area contributed by atoms with Crippen molar-refractivity contribution in [3.63, 3.8) is 0 Å². The maximum absolute atomic E-state index is 11.6. The Morgan fingerprint density at radius 2 is 2.16 bits per heavy atom. The lowest BCUT2D eigenvalue weighted by Gasteiger charge is -2.21. The number of rotatable bonds is 6. The minimum absolute atomic E-state index is 0.115. The highest BCUT2D eigenvalue weighted by molar-refractivity contribution is 5.77. The molecule has 19 heavy (non-hydrogen) atoms. The Morgan fingerprint density at radius 1 is 1.37 bits per heavy atom. The fraction of sp³-hybridized carbons (Fsp3) is 0.769. The molecule has 0 saturated heterocycles. The second kappa shape index (κ2) is 7.23. The minimum atomic E-state index is -0.115. The van der Waals surface area contributed by atoms with E-state index in [2.05, 4.69) is 15.5 Å². The third-order valence-corrected chi connectivity index (χ3v) is 3.21. The van der Waals surface area contributed by atoms with Gasteiger partial charge in [0.1, 0.15) is 6.42 Å². The number of aryl methyl sites for hydroxylation is 1. The van der Waals surface area contributed by atoms with Gasteiger partial charge in [-0.15, -0.1) is 10.2 Å². The standard InChI is InChI=1S/C13H21N3O3/c1-10-15-16-13(19-10)9-12(17)14-7-8-18-11-5-3-2-4-6-11/h11H,2-9H2,1H3,(H,14,17). The van der Waals surface area contributed by atoms with Crippen LogP contribution in [0.15, 0.2) is 4.42 Å². The Morgan fingerprint density at radius 3 is 2.84 bits per heavy atom. The first-order valence-corrected chi connectivity index (χ1v) is 6.91. The highest BCUT2D eigenvalue weighted by atomic mass is 16.5. The molecule has 1 heterocycles. The molecule has 0 aromatic carbocycles. The van der Waals surface area contributed by atoms with Gasteiger partial charge in [0.05, 0.1) is 12.7 Å². The van der Waals surface area contributed by atoms with E-state index in [0.717, 1.165) is 12.8 Å². The van der Waals surface area contributed by atoms with Gasteiger partial charge in [-0.2, -0.15) is 0 Å². The van der Waals surface area contributed by atoms with Crippen LogP contribution in [-0.4, -0.2) is 35.4 Å². The third-order valence-electron chi connectivity index (χ3n) is 3.21. The van der Waals surface area contributed by atoms with Crippen LogP contribution in [0.3, 0.4) is 0 Å². The summed E-state index contributed by atoms with van der Waals surface area (Å²) >= 11 is 0. The van der Waals surface area contributed by atoms with Gasteiger partial charge in [-0.25, -0.2) is 0 Å². The lowest BCUT2D eigenvalue weighted by atomic mass is 9.98. The van der Waals surface area contributed by atoms with E-state index in [9.17, 15) is 4.79 Å². The second-order valence-corrected chi connectivity index (χ2v) is 4.87. The highest BCUT2D eigenvalue weighted by Crippen LogP contribution is 2.19. The van der Waals surface area contributed by atoms with Crippen LogP contribution in [0.2, 0.25) is 0 Å². The molecule has 0 bridgehead atoms. The molecule has 1 saturated carbocycles. The molecule has 6 heteroatoms. The van der Waals surface area contributed by atoms with Crippen molar-refractivity contribution in [2.75, 3.05) is 13.2 Å². The fourth-order valence-corrected chi connectivity index (χ4v) is 2.26. The Kier molecular flexibility index (Phi) is 5.32. The lowest BCUT2D eigenvalue weighted by Crippen LogP contribution is -2.30. The van der Waals surface area contributed by atoms with Crippen molar-refractivity contribution in [3.05, 3.63) is 11.8 Å². The summed E-state index contributed by atoms with van der Waals surface area (Å²) in [5.41, 5.74) is 0. The monoisotopic (exact) mass is 267 g/mol. The van der Waals surface area contributed by atoms with Gasteiger partial charge in [0.25, 0.3) is 0 Å². The van der Waals surface area contributed by atoms with Gasteiger partial charge in [-0.3, -0.25) is 4.79 Å². The van der Waals surface area contributed by atoms with E-state index in [4.69, 9.17) is 9.15 Å². The number of aromatic nitrogens is 2. The topological polar surface area (TPSA) is 77.2 Å².